The van der Waals surface area contributed by atoms with Crippen LogP contribution in [0.3, 0.4) is 0 Å². The number of para-hydroxylation sites is 1. The van der Waals surface area contributed by atoms with Crippen LogP contribution in [0.1, 0.15) is 31.7 Å². The van der Waals surface area contributed by atoms with Gasteiger partial charge in [-0.3, -0.25) is 0 Å². The monoisotopic (exact) mass is 218 g/mol. The van der Waals surface area contributed by atoms with Gasteiger partial charge in [0, 0.05) is 0 Å². The zero-order valence-corrected chi connectivity index (χ0v) is 9.86. The van der Waals surface area contributed by atoms with Crippen LogP contribution in [0.4, 0.5) is 0 Å². The number of hydrogen-bond acceptors (Lipinski definition) is 2. The van der Waals surface area contributed by atoms with Gasteiger partial charge in [-0.1, -0.05) is 43.7 Å². The molecule has 0 heterocycles. The summed E-state index contributed by atoms with van der Waals surface area (Å²) in [6, 6.07) is 7.56. The van der Waals surface area contributed by atoms with Crippen molar-refractivity contribution < 1.29 is 9.84 Å². The predicted octanol–water partition coefficient (Wildman–Crippen LogP) is 2.60. The Morgan fingerprint density at radius 3 is 2.81 bits per heavy atom. The van der Waals surface area contributed by atoms with Crippen molar-refractivity contribution in [2.45, 2.75) is 32.3 Å². The first-order chi connectivity index (χ1) is 7.77. The molecule has 0 spiro atoms. The topological polar surface area (TPSA) is 29.5 Å². The molecule has 1 atom stereocenters. The number of ether oxygens (including phenoxy) is 1. The third kappa shape index (κ3) is 3.96. The van der Waals surface area contributed by atoms with E-state index in [0.717, 1.165) is 30.6 Å². The molecule has 2 nitrogen and oxygen atoms in total. The lowest BCUT2D eigenvalue weighted by Gasteiger charge is -2.02. The Morgan fingerprint density at radius 1 is 1.38 bits per heavy atom. The molecule has 0 fully saturated rings. The molecule has 2 heteroatoms. The SMILES string of the molecule is CCCCC(O)C#Cc1ccccc1OC. The average molecular weight is 218 g/mol. The zero-order valence-electron chi connectivity index (χ0n) is 9.86. The summed E-state index contributed by atoms with van der Waals surface area (Å²) in [4.78, 5) is 0. The van der Waals surface area contributed by atoms with Gasteiger partial charge in [0.15, 0.2) is 0 Å². The molecule has 1 aromatic carbocycles. The first kappa shape index (κ1) is 12.6. The normalized spacial score (nSPS) is 11.4. The Balaban J connectivity index is 2.68. The van der Waals surface area contributed by atoms with E-state index in [0.29, 0.717) is 0 Å². The lowest BCUT2D eigenvalue weighted by molar-refractivity contribution is 0.218. The van der Waals surface area contributed by atoms with Crippen LogP contribution in [0.15, 0.2) is 24.3 Å². The number of unbranched alkanes of at least 4 members (excludes halogenated alkanes) is 1. The maximum absolute atomic E-state index is 9.59. The fourth-order valence-electron chi connectivity index (χ4n) is 1.38. The molecule has 0 aliphatic carbocycles. The lowest BCUT2D eigenvalue weighted by Crippen LogP contribution is -2.02. The summed E-state index contributed by atoms with van der Waals surface area (Å²) < 4.78 is 5.17. The molecule has 0 amide bonds. The standard InChI is InChI=1S/C14H18O2/c1-3-4-8-13(15)11-10-12-7-5-6-9-14(12)16-2/h5-7,9,13,15H,3-4,8H2,1-2H3. The number of benzene rings is 1. The summed E-state index contributed by atoms with van der Waals surface area (Å²) in [5.74, 6) is 6.53. The van der Waals surface area contributed by atoms with Crippen LogP contribution in [-0.4, -0.2) is 18.3 Å². The van der Waals surface area contributed by atoms with Crippen molar-refractivity contribution in [1.82, 2.24) is 0 Å². The van der Waals surface area contributed by atoms with Gasteiger partial charge in [0.1, 0.15) is 11.9 Å². The fraction of sp³-hybridized carbons (Fsp3) is 0.429. The van der Waals surface area contributed by atoms with Gasteiger partial charge in [-0.05, 0) is 18.6 Å². The number of hydrogen-bond donors (Lipinski definition) is 1. The van der Waals surface area contributed by atoms with Crippen LogP contribution in [-0.2, 0) is 0 Å². The summed E-state index contributed by atoms with van der Waals surface area (Å²) >= 11 is 0. The summed E-state index contributed by atoms with van der Waals surface area (Å²) in [6.07, 6.45) is 2.28. The minimum Gasteiger partial charge on any atom is -0.495 e. The Morgan fingerprint density at radius 2 is 2.12 bits per heavy atom. The Hall–Kier alpha value is -1.46. The van der Waals surface area contributed by atoms with E-state index in [1.165, 1.54) is 0 Å². The van der Waals surface area contributed by atoms with Crippen LogP contribution in [0, 0.1) is 11.8 Å². The molecule has 86 valence electrons. The second-order valence-corrected chi connectivity index (χ2v) is 3.63. The fourth-order valence-corrected chi connectivity index (χ4v) is 1.38. The molecule has 0 radical (unpaired) electrons. The minimum absolute atomic E-state index is 0.537. The van der Waals surface area contributed by atoms with Crippen molar-refractivity contribution in [2.75, 3.05) is 7.11 Å². The smallest absolute Gasteiger partial charge is 0.134 e. The molecule has 0 aliphatic heterocycles. The third-order valence-corrected chi connectivity index (χ3v) is 2.31. The van der Waals surface area contributed by atoms with E-state index in [1.807, 2.05) is 24.3 Å². The van der Waals surface area contributed by atoms with E-state index in [1.54, 1.807) is 7.11 Å². The number of aliphatic hydroxyl groups excluding tert-OH is 1. The summed E-state index contributed by atoms with van der Waals surface area (Å²) in [6.45, 7) is 2.10. The van der Waals surface area contributed by atoms with Gasteiger partial charge in [0.25, 0.3) is 0 Å². The van der Waals surface area contributed by atoms with Crippen molar-refractivity contribution in [1.29, 1.82) is 0 Å². The van der Waals surface area contributed by atoms with E-state index >= 15 is 0 Å². The minimum atomic E-state index is -0.537. The van der Waals surface area contributed by atoms with Crippen molar-refractivity contribution in [3.05, 3.63) is 29.8 Å². The van der Waals surface area contributed by atoms with Gasteiger partial charge >= 0.3 is 0 Å². The first-order valence-electron chi connectivity index (χ1n) is 5.60. The highest BCUT2D eigenvalue weighted by Gasteiger charge is 1.99. The highest BCUT2D eigenvalue weighted by Crippen LogP contribution is 2.15. The van der Waals surface area contributed by atoms with Crippen LogP contribution >= 0.6 is 0 Å². The molecule has 0 bridgehead atoms. The molecule has 0 saturated heterocycles. The predicted molar refractivity (Wildman–Crippen MR) is 65.4 cm³/mol. The summed E-state index contributed by atoms with van der Waals surface area (Å²) in [7, 11) is 1.62. The molecular formula is C14H18O2. The van der Waals surface area contributed by atoms with Crippen molar-refractivity contribution in [3.8, 4) is 17.6 Å². The molecule has 0 aliphatic rings. The summed E-state index contributed by atoms with van der Waals surface area (Å²) in [5.41, 5.74) is 0.820. The molecular weight excluding hydrogens is 200 g/mol. The molecule has 1 N–H and O–H groups in total. The summed E-state index contributed by atoms with van der Waals surface area (Å²) in [5, 5.41) is 9.59. The number of rotatable bonds is 4. The van der Waals surface area contributed by atoms with Gasteiger partial charge in [0.2, 0.25) is 0 Å². The molecule has 16 heavy (non-hydrogen) atoms. The molecule has 0 saturated carbocycles. The first-order valence-corrected chi connectivity index (χ1v) is 5.60. The quantitative estimate of drug-likeness (QED) is 0.787. The second-order valence-electron chi connectivity index (χ2n) is 3.63. The van der Waals surface area contributed by atoms with E-state index < -0.39 is 6.10 Å². The van der Waals surface area contributed by atoms with Gasteiger partial charge in [-0.15, -0.1) is 0 Å². The van der Waals surface area contributed by atoms with Crippen LogP contribution in [0.25, 0.3) is 0 Å². The van der Waals surface area contributed by atoms with Crippen LogP contribution in [0.2, 0.25) is 0 Å². The van der Waals surface area contributed by atoms with E-state index in [9.17, 15) is 5.11 Å². The average Bonchev–Trinajstić information content (AvgIpc) is 2.34. The molecule has 1 unspecified atom stereocenters. The highest BCUT2D eigenvalue weighted by atomic mass is 16.5. The zero-order chi connectivity index (χ0) is 11.8. The van der Waals surface area contributed by atoms with Crippen LogP contribution < -0.4 is 4.74 Å². The van der Waals surface area contributed by atoms with Gasteiger partial charge in [-0.25, -0.2) is 0 Å². The van der Waals surface area contributed by atoms with E-state index in [-0.39, 0.29) is 0 Å². The second kappa shape index (κ2) is 6.92. The van der Waals surface area contributed by atoms with Crippen molar-refractivity contribution >= 4 is 0 Å². The van der Waals surface area contributed by atoms with Crippen molar-refractivity contribution in [2.24, 2.45) is 0 Å². The van der Waals surface area contributed by atoms with Crippen molar-refractivity contribution in [3.63, 3.8) is 0 Å². The maximum Gasteiger partial charge on any atom is 0.134 e. The third-order valence-electron chi connectivity index (χ3n) is 2.31. The largest absolute Gasteiger partial charge is 0.495 e. The van der Waals surface area contributed by atoms with Gasteiger partial charge < -0.3 is 9.84 Å². The van der Waals surface area contributed by atoms with Gasteiger partial charge in [0.05, 0.1) is 12.7 Å². The molecule has 1 rings (SSSR count). The van der Waals surface area contributed by atoms with Gasteiger partial charge in [-0.2, -0.15) is 0 Å². The van der Waals surface area contributed by atoms with Crippen LogP contribution in [0.5, 0.6) is 5.75 Å². The highest BCUT2D eigenvalue weighted by molar-refractivity contribution is 5.46. The van der Waals surface area contributed by atoms with E-state index in [2.05, 4.69) is 18.8 Å². The number of aliphatic hydroxyl groups is 1. The Bertz CT molecular complexity index is 374. The molecule has 1 aromatic rings. The Labute approximate surface area is 97.3 Å². The maximum atomic E-state index is 9.59. The Kier molecular flexibility index (Phi) is 5.45. The molecule has 0 aromatic heterocycles. The van der Waals surface area contributed by atoms with E-state index in [4.69, 9.17) is 4.74 Å². The lowest BCUT2D eigenvalue weighted by atomic mass is 10.1. The number of methoxy groups -OCH3 is 1.